The first-order valence-electron chi connectivity index (χ1n) is 10.3. The molecule has 0 aliphatic heterocycles. The number of hydrogen-bond donors (Lipinski definition) is 1. The minimum atomic E-state index is -3.51. The zero-order chi connectivity index (χ0) is 21.3. The molecule has 2 aromatic carbocycles. The minimum absolute atomic E-state index is 0.177. The van der Waals surface area contributed by atoms with E-state index < -0.39 is 13.4 Å². The quantitative estimate of drug-likeness (QED) is 0.409. The molecule has 0 radical (unpaired) electrons. The van der Waals surface area contributed by atoms with Gasteiger partial charge in [-0.15, -0.1) is 0 Å². The van der Waals surface area contributed by atoms with Crippen LogP contribution in [0.4, 0.5) is 0 Å². The van der Waals surface area contributed by atoms with Gasteiger partial charge in [0.2, 0.25) is 0 Å². The van der Waals surface area contributed by atoms with Crippen molar-refractivity contribution < 1.29 is 18.3 Å². The van der Waals surface area contributed by atoms with Crippen LogP contribution in [-0.4, -0.2) is 19.3 Å². The molecule has 1 N–H and O–H groups in total. The summed E-state index contributed by atoms with van der Waals surface area (Å²) in [6, 6.07) is 17.6. The van der Waals surface area contributed by atoms with Crippen molar-refractivity contribution in [3.05, 3.63) is 65.7 Å². The van der Waals surface area contributed by atoms with Crippen molar-refractivity contribution in [3.8, 4) is 5.75 Å². The largest absolute Gasteiger partial charge is 0.497 e. The van der Waals surface area contributed by atoms with E-state index in [-0.39, 0.29) is 12.2 Å². The highest BCUT2D eigenvalue weighted by molar-refractivity contribution is 7.54. The van der Waals surface area contributed by atoms with E-state index in [1.807, 2.05) is 82.3 Å². The van der Waals surface area contributed by atoms with Crippen LogP contribution in [0.2, 0.25) is 0 Å². The summed E-state index contributed by atoms with van der Waals surface area (Å²) in [5, 5.41) is 3.44. The van der Waals surface area contributed by atoms with Gasteiger partial charge in [-0.05, 0) is 49.9 Å². The Balaban J connectivity index is 2.39. The Morgan fingerprint density at radius 1 is 0.897 bits per heavy atom. The predicted octanol–water partition coefficient (Wildman–Crippen LogP) is 6.31. The van der Waals surface area contributed by atoms with Crippen LogP contribution in [0.15, 0.2) is 54.6 Å². The molecule has 0 aliphatic carbocycles. The van der Waals surface area contributed by atoms with Crippen molar-refractivity contribution in [1.29, 1.82) is 0 Å². The molecule has 0 aliphatic rings. The van der Waals surface area contributed by atoms with E-state index in [4.69, 9.17) is 13.8 Å². The monoisotopic (exact) mass is 419 g/mol. The molecule has 0 amide bonds. The fourth-order valence-corrected chi connectivity index (χ4v) is 5.25. The molecule has 0 spiro atoms. The lowest BCUT2D eigenvalue weighted by atomic mass is 10.2. The first-order valence-corrected chi connectivity index (χ1v) is 11.9. The van der Waals surface area contributed by atoms with Crippen molar-refractivity contribution in [3.63, 3.8) is 0 Å². The summed E-state index contributed by atoms with van der Waals surface area (Å²) in [6.45, 7) is 8.43. The van der Waals surface area contributed by atoms with Gasteiger partial charge in [0.25, 0.3) is 0 Å². The fourth-order valence-electron chi connectivity index (χ4n) is 2.81. The summed E-state index contributed by atoms with van der Waals surface area (Å²) >= 11 is 0. The van der Waals surface area contributed by atoms with Gasteiger partial charge in [-0.2, -0.15) is 0 Å². The average molecular weight is 420 g/mol. The summed E-state index contributed by atoms with van der Waals surface area (Å²) in [5.41, 5.74) is 1.95. The molecule has 2 aromatic rings. The molecule has 0 saturated heterocycles. The number of nitrogens with one attached hydrogen (secondary N) is 1. The smallest absolute Gasteiger partial charge is 0.352 e. The van der Waals surface area contributed by atoms with Crippen LogP contribution in [0, 0.1) is 0 Å². The van der Waals surface area contributed by atoms with Gasteiger partial charge in [0.1, 0.15) is 11.5 Å². The maximum atomic E-state index is 14.1. The zero-order valence-corrected chi connectivity index (χ0v) is 19.0. The van der Waals surface area contributed by atoms with Crippen LogP contribution in [0.1, 0.15) is 57.4 Å². The molecule has 0 fully saturated rings. The van der Waals surface area contributed by atoms with E-state index in [0.29, 0.717) is 6.54 Å². The van der Waals surface area contributed by atoms with Crippen LogP contribution < -0.4 is 10.1 Å². The first kappa shape index (κ1) is 23.6. The summed E-state index contributed by atoms with van der Waals surface area (Å²) < 4.78 is 31.5. The molecule has 29 heavy (non-hydrogen) atoms. The minimum Gasteiger partial charge on any atom is -0.497 e. The van der Waals surface area contributed by atoms with Crippen LogP contribution >= 0.6 is 7.60 Å². The van der Waals surface area contributed by atoms with Crippen LogP contribution in [-0.2, 0) is 20.2 Å². The molecule has 160 valence electrons. The Hall–Kier alpha value is -1.65. The zero-order valence-electron chi connectivity index (χ0n) is 18.1. The van der Waals surface area contributed by atoms with Crippen molar-refractivity contribution in [2.24, 2.45) is 0 Å². The third kappa shape index (κ3) is 6.97. The standard InChI is InChI=1S/C23H34NO4P/c1-6-18(3)27-29(25,28-19(4)7-2)23(21-13-15-22(26-5)16-14-21)24-17-20-11-9-8-10-12-20/h8-16,18-19,23-24H,6-7,17H2,1-5H3. The number of benzene rings is 2. The Bertz CT molecular complexity index is 750. The van der Waals surface area contributed by atoms with E-state index in [1.54, 1.807) is 7.11 Å². The molecule has 0 aromatic heterocycles. The summed E-state index contributed by atoms with van der Waals surface area (Å²) in [7, 11) is -1.88. The van der Waals surface area contributed by atoms with Crippen LogP contribution in [0.3, 0.4) is 0 Å². The topological polar surface area (TPSA) is 56.8 Å². The number of rotatable bonds is 12. The van der Waals surface area contributed by atoms with Gasteiger partial charge >= 0.3 is 7.60 Å². The number of methoxy groups -OCH3 is 1. The lowest BCUT2D eigenvalue weighted by molar-refractivity contribution is 0.115. The van der Waals surface area contributed by atoms with E-state index in [2.05, 4.69) is 5.32 Å². The van der Waals surface area contributed by atoms with Gasteiger partial charge in [-0.1, -0.05) is 56.3 Å². The van der Waals surface area contributed by atoms with Gasteiger partial charge < -0.3 is 13.8 Å². The molecule has 0 saturated carbocycles. The summed E-state index contributed by atoms with van der Waals surface area (Å²) in [6.07, 6.45) is 1.15. The third-order valence-corrected chi connectivity index (χ3v) is 7.31. The van der Waals surface area contributed by atoms with E-state index >= 15 is 0 Å². The molecule has 5 nitrogen and oxygen atoms in total. The molecule has 0 bridgehead atoms. The van der Waals surface area contributed by atoms with Gasteiger partial charge in [0, 0.05) is 6.54 Å². The molecule has 0 heterocycles. The Labute approximate surface area is 175 Å². The number of ether oxygens (including phenoxy) is 1. The first-order chi connectivity index (χ1) is 13.9. The highest BCUT2D eigenvalue weighted by Gasteiger charge is 2.39. The SMILES string of the molecule is CCC(C)OP(=O)(OC(C)CC)C(NCc1ccccc1)c1ccc(OC)cc1. The maximum Gasteiger partial charge on any atom is 0.352 e. The Kier molecular flexibility index (Phi) is 9.38. The van der Waals surface area contributed by atoms with Gasteiger partial charge in [-0.25, -0.2) is 0 Å². The Morgan fingerprint density at radius 2 is 1.45 bits per heavy atom. The highest BCUT2D eigenvalue weighted by Crippen LogP contribution is 2.61. The lowest BCUT2D eigenvalue weighted by Gasteiger charge is -2.32. The molecule has 3 unspecified atom stereocenters. The predicted molar refractivity (Wildman–Crippen MR) is 118 cm³/mol. The van der Waals surface area contributed by atoms with E-state index in [1.165, 1.54) is 0 Å². The number of hydrogen-bond acceptors (Lipinski definition) is 5. The van der Waals surface area contributed by atoms with Crippen molar-refractivity contribution >= 4 is 7.60 Å². The second-order valence-electron chi connectivity index (χ2n) is 7.23. The fraction of sp³-hybridized carbons (Fsp3) is 0.478. The molecule has 6 heteroatoms. The Morgan fingerprint density at radius 3 is 1.93 bits per heavy atom. The van der Waals surface area contributed by atoms with Gasteiger partial charge in [0.15, 0.2) is 0 Å². The highest BCUT2D eigenvalue weighted by atomic mass is 31.2. The van der Waals surface area contributed by atoms with Crippen LogP contribution in [0.25, 0.3) is 0 Å². The third-order valence-electron chi connectivity index (χ3n) is 4.89. The van der Waals surface area contributed by atoms with Crippen LogP contribution in [0.5, 0.6) is 5.75 Å². The van der Waals surface area contributed by atoms with E-state index in [9.17, 15) is 4.57 Å². The van der Waals surface area contributed by atoms with Crippen molar-refractivity contribution in [2.45, 2.75) is 65.1 Å². The van der Waals surface area contributed by atoms with E-state index in [0.717, 1.165) is 29.7 Å². The van der Waals surface area contributed by atoms with Crippen molar-refractivity contribution in [1.82, 2.24) is 5.32 Å². The maximum absolute atomic E-state index is 14.1. The lowest BCUT2D eigenvalue weighted by Crippen LogP contribution is -2.26. The molecule has 3 atom stereocenters. The second kappa shape index (κ2) is 11.5. The average Bonchev–Trinajstić information content (AvgIpc) is 2.74. The van der Waals surface area contributed by atoms with Gasteiger partial charge in [-0.3, -0.25) is 9.88 Å². The normalized spacial score (nSPS) is 16.6. The molecular formula is C23H34NO4P. The van der Waals surface area contributed by atoms with Crippen molar-refractivity contribution in [2.75, 3.05) is 7.11 Å². The molecule has 2 rings (SSSR count). The summed E-state index contributed by atoms with van der Waals surface area (Å²) in [5.74, 6) is 0.160. The second-order valence-corrected chi connectivity index (χ2v) is 9.25. The molecular weight excluding hydrogens is 385 g/mol. The van der Waals surface area contributed by atoms with Gasteiger partial charge in [0.05, 0.1) is 19.3 Å². The summed E-state index contributed by atoms with van der Waals surface area (Å²) in [4.78, 5) is 0.